The van der Waals surface area contributed by atoms with Gasteiger partial charge in [-0.15, -0.1) is 0 Å². The van der Waals surface area contributed by atoms with Crippen LogP contribution in [0, 0.1) is 34.6 Å². The maximum atomic E-state index is 13.0. The van der Waals surface area contributed by atoms with Gasteiger partial charge in [-0.3, -0.25) is 4.79 Å². The van der Waals surface area contributed by atoms with E-state index in [1.165, 1.54) is 27.8 Å². The molecule has 1 aliphatic rings. The molecular formula is C21H31NO3. The van der Waals surface area contributed by atoms with Crippen molar-refractivity contribution < 1.29 is 14.3 Å². The fourth-order valence-corrected chi connectivity index (χ4v) is 3.81. The van der Waals surface area contributed by atoms with Crippen molar-refractivity contribution in [3.8, 4) is 0 Å². The summed E-state index contributed by atoms with van der Waals surface area (Å²) in [7, 11) is 0. The summed E-state index contributed by atoms with van der Waals surface area (Å²) in [5.74, 6) is -0.230. The van der Waals surface area contributed by atoms with E-state index in [0.29, 0.717) is 26.0 Å². The van der Waals surface area contributed by atoms with Crippen molar-refractivity contribution >= 4 is 11.9 Å². The third-order valence-electron chi connectivity index (χ3n) is 5.87. The Kier molecular flexibility index (Phi) is 6.26. The van der Waals surface area contributed by atoms with Gasteiger partial charge in [0.15, 0.2) is 0 Å². The lowest BCUT2D eigenvalue weighted by molar-refractivity contribution is -0.156. The van der Waals surface area contributed by atoms with Crippen molar-refractivity contribution in [3.05, 3.63) is 33.4 Å². The average molecular weight is 345 g/mol. The van der Waals surface area contributed by atoms with Crippen molar-refractivity contribution in [1.82, 2.24) is 4.90 Å². The smallest absolute Gasteiger partial charge is 0.328 e. The molecule has 138 valence electrons. The first kappa shape index (κ1) is 19.5. The maximum Gasteiger partial charge on any atom is 0.328 e. The number of hydrogen-bond donors (Lipinski definition) is 0. The minimum Gasteiger partial charge on any atom is -0.464 e. The summed E-state index contributed by atoms with van der Waals surface area (Å²) in [6.45, 7) is 13.4. The maximum absolute atomic E-state index is 13.0. The summed E-state index contributed by atoms with van der Waals surface area (Å²) in [6.07, 6.45) is 2.98. The zero-order chi connectivity index (χ0) is 18.7. The molecule has 0 radical (unpaired) electrons. The molecule has 0 bridgehead atoms. The van der Waals surface area contributed by atoms with Crippen molar-refractivity contribution in [2.24, 2.45) is 0 Å². The number of carbonyl (C=O) groups is 2. The van der Waals surface area contributed by atoms with E-state index < -0.39 is 6.04 Å². The Hall–Kier alpha value is -1.84. The first-order valence-corrected chi connectivity index (χ1v) is 9.31. The van der Waals surface area contributed by atoms with Gasteiger partial charge in [-0.1, -0.05) is 0 Å². The summed E-state index contributed by atoms with van der Waals surface area (Å²) in [4.78, 5) is 27.0. The summed E-state index contributed by atoms with van der Waals surface area (Å²) < 4.78 is 5.18. The molecule has 1 aliphatic heterocycles. The molecule has 1 saturated heterocycles. The number of rotatable bonds is 4. The van der Waals surface area contributed by atoms with Crippen LogP contribution in [0.4, 0.5) is 0 Å². The zero-order valence-electron chi connectivity index (χ0n) is 16.5. The van der Waals surface area contributed by atoms with Gasteiger partial charge in [0.2, 0.25) is 5.91 Å². The average Bonchev–Trinajstić information content (AvgIpc) is 2.62. The molecule has 1 fully saturated rings. The number of nitrogens with zero attached hydrogens (tertiary/aromatic N) is 1. The Bertz CT molecular complexity index is 649. The monoisotopic (exact) mass is 345 g/mol. The topological polar surface area (TPSA) is 46.6 Å². The van der Waals surface area contributed by atoms with Gasteiger partial charge in [-0.25, -0.2) is 4.79 Å². The third kappa shape index (κ3) is 3.88. The molecule has 1 aromatic carbocycles. The number of benzene rings is 1. The van der Waals surface area contributed by atoms with Crippen LogP contribution in [0.1, 0.15) is 59.6 Å². The standard InChI is InChI=1S/C21H31NO3/c1-7-25-21(24)19-10-8-9-11-22(19)20(23)12-18-16(5)14(3)13(2)15(4)17(18)6/h19H,7-12H2,1-6H3. The number of amides is 1. The molecule has 25 heavy (non-hydrogen) atoms. The largest absolute Gasteiger partial charge is 0.464 e. The molecule has 2 rings (SSSR count). The van der Waals surface area contributed by atoms with Crippen LogP contribution in [0.2, 0.25) is 0 Å². The summed E-state index contributed by atoms with van der Waals surface area (Å²) >= 11 is 0. The Balaban J connectivity index is 2.28. The van der Waals surface area contributed by atoms with Gasteiger partial charge in [0, 0.05) is 6.54 Å². The summed E-state index contributed by atoms with van der Waals surface area (Å²) in [5, 5.41) is 0. The molecule has 0 spiro atoms. The van der Waals surface area contributed by atoms with E-state index in [2.05, 4.69) is 34.6 Å². The van der Waals surface area contributed by atoms with Crippen LogP contribution in [0.3, 0.4) is 0 Å². The van der Waals surface area contributed by atoms with Crippen molar-refractivity contribution in [2.75, 3.05) is 13.2 Å². The van der Waals surface area contributed by atoms with Gasteiger partial charge in [0.1, 0.15) is 6.04 Å². The van der Waals surface area contributed by atoms with Gasteiger partial charge in [-0.2, -0.15) is 0 Å². The van der Waals surface area contributed by atoms with Crippen LogP contribution in [-0.2, 0) is 20.7 Å². The van der Waals surface area contributed by atoms with Gasteiger partial charge < -0.3 is 9.64 Å². The highest BCUT2D eigenvalue weighted by molar-refractivity contribution is 5.86. The third-order valence-corrected chi connectivity index (χ3v) is 5.87. The Morgan fingerprint density at radius 1 is 0.960 bits per heavy atom. The predicted molar refractivity (Wildman–Crippen MR) is 99.8 cm³/mol. The van der Waals surface area contributed by atoms with Gasteiger partial charge in [-0.05, 0) is 94.2 Å². The molecule has 1 heterocycles. The highest BCUT2D eigenvalue weighted by atomic mass is 16.5. The molecule has 1 unspecified atom stereocenters. The van der Waals surface area contributed by atoms with E-state index in [1.54, 1.807) is 11.8 Å². The van der Waals surface area contributed by atoms with E-state index >= 15 is 0 Å². The second-order valence-electron chi connectivity index (χ2n) is 7.13. The number of hydrogen-bond acceptors (Lipinski definition) is 3. The van der Waals surface area contributed by atoms with E-state index in [1.807, 2.05) is 0 Å². The summed E-state index contributed by atoms with van der Waals surface area (Å²) in [6, 6.07) is -0.422. The predicted octanol–water partition coefficient (Wildman–Crippen LogP) is 3.72. The fourth-order valence-electron chi connectivity index (χ4n) is 3.81. The Morgan fingerprint density at radius 2 is 1.52 bits per heavy atom. The number of piperidine rings is 1. The molecule has 4 heteroatoms. The molecule has 0 N–H and O–H groups in total. The second kappa shape index (κ2) is 8.03. The van der Waals surface area contributed by atoms with Crippen LogP contribution in [-0.4, -0.2) is 36.0 Å². The van der Waals surface area contributed by atoms with Crippen LogP contribution >= 0.6 is 0 Å². The molecule has 0 aromatic heterocycles. The first-order valence-electron chi connectivity index (χ1n) is 9.31. The minimum atomic E-state index is -0.422. The molecule has 1 aromatic rings. The lowest BCUT2D eigenvalue weighted by Crippen LogP contribution is -2.49. The molecule has 1 amide bonds. The number of carbonyl (C=O) groups excluding carboxylic acids is 2. The van der Waals surface area contributed by atoms with Crippen molar-refractivity contribution in [1.29, 1.82) is 0 Å². The molecule has 0 saturated carbocycles. The minimum absolute atomic E-state index is 0.0339. The highest BCUT2D eigenvalue weighted by Gasteiger charge is 2.33. The van der Waals surface area contributed by atoms with Gasteiger partial charge in [0.25, 0.3) is 0 Å². The van der Waals surface area contributed by atoms with E-state index in [-0.39, 0.29) is 11.9 Å². The lowest BCUT2D eigenvalue weighted by Gasteiger charge is -2.34. The van der Waals surface area contributed by atoms with E-state index in [9.17, 15) is 9.59 Å². The fraction of sp³-hybridized carbons (Fsp3) is 0.619. The Morgan fingerprint density at radius 3 is 2.08 bits per heavy atom. The van der Waals surface area contributed by atoms with Crippen LogP contribution in [0.15, 0.2) is 0 Å². The van der Waals surface area contributed by atoms with Crippen LogP contribution in [0.25, 0.3) is 0 Å². The van der Waals surface area contributed by atoms with Gasteiger partial charge in [0.05, 0.1) is 13.0 Å². The molecule has 4 nitrogen and oxygen atoms in total. The number of likely N-dealkylation sites (tertiary alicyclic amines) is 1. The normalized spacial score (nSPS) is 17.5. The quantitative estimate of drug-likeness (QED) is 0.782. The second-order valence-corrected chi connectivity index (χ2v) is 7.13. The summed E-state index contributed by atoms with van der Waals surface area (Å²) in [5.41, 5.74) is 7.31. The molecule has 1 atom stereocenters. The Labute approximate surface area is 151 Å². The number of esters is 1. The van der Waals surface area contributed by atoms with E-state index in [0.717, 1.165) is 18.4 Å². The zero-order valence-corrected chi connectivity index (χ0v) is 16.5. The van der Waals surface area contributed by atoms with E-state index in [4.69, 9.17) is 4.74 Å². The number of ether oxygens (including phenoxy) is 1. The van der Waals surface area contributed by atoms with Crippen LogP contribution < -0.4 is 0 Å². The molecular weight excluding hydrogens is 314 g/mol. The van der Waals surface area contributed by atoms with Crippen molar-refractivity contribution in [3.63, 3.8) is 0 Å². The van der Waals surface area contributed by atoms with Crippen molar-refractivity contribution in [2.45, 2.75) is 73.3 Å². The highest BCUT2D eigenvalue weighted by Crippen LogP contribution is 2.28. The SMILES string of the molecule is CCOC(=O)C1CCCCN1C(=O)Cc1c(C)c(C)c(C)c(C)c1C. The van der Waals surface area contributed by atoms with Crippen LogP contribution in [0.5, 0.6) is 0 Å². The first-order chi connectivity index (χ1) is 11.8. The lowest BCUT2D eigenvalue weighted by atomic mass is 9.87. The molecule has 0 aliphatic carbocycles. The van der Waals surface area contributed by atoms with Gasteiger partial charge >= 0.3 is 5.97 Å².